The van der Waals surface area contributed by atoms with Gasteiger partial charge in [-0.15, -0.1) is 0 Å². The standard InChI is InChI=1S/C13H19FN2O/c1-10-5-6-11(14)9-12(10)13(17)16(3)8-4-7-15-2/h5-6,9,15H,4,7-8H2,1-3H3. The Morgan fingerprint density at radius 2 is 2.18 bits per heavy atom. The summed E-state index contributed by atoms with van der Waals surface area (Å²) in [5, 5.41) is 3.02. The van der Waals surface area contributed by atoms with Crippen molar-refractivity contribution in [1.82, 2.24) is 10.2 Å². The van der Waals surface area contributed by atoms with Crippen LogP contribution in [0.4, 0.5) is 4.39 Å². The summed E-state index contributed by atoms with van der Waals surface area (Å²) >= 11 is 0. The molecule has 1 rings (SSSR count). The van der Waals surface area contributed by atoms with Crippen LogP contribution in [0.5, 0.6) is 0 Å². The summed E-state index contributed by atoms with van der Waals surface area (Å²) in [7, 11) is 3.61. The first-order valence-electron chi connectivity index (χ1n) is 5.72. The molecule has 0 saturated heterocycles. The number of nitrogens with one attached hydrogen (secondary N) is 1. The molecule has 0 aromatic heterocycles. The van der Waals surface area contributed by atoms with Crippen LogP contribution in [0.3, 0.4) is 0 Å². The first kappa shape index (κ1) is 13.6. The number of benzene rings is 1. The minimum atomic E-state index is -0.373. The molecule has 1 N–H and O–H groups in total. The number of nitrogens with zero attached hydrogens (tertiary/aromatic N) is 1. The molecule has 0 bridgehead atoms. The molecule has 0 aliphatic rings. The van der Waals surface area contributed by atoms with E-state index in [2.05, 4.69) is 5.32 Å². The molecule has 0 spiro atoms. The number of hydrogen-bond acceptors (Lipinski definition) is 2. The molecule has 0 fully saturated rings. The maximum Gasteiger partial charge on any atom is 0.253 e. The van der Waals surface area contributed by atoms with Gasteiger partial charge in [-0.1, -0.05) is 6.07 Å². The van der Waals surface area contributed by atoms with Crippen molar-refractivity contribution in [2.75, 3.05) is 27.2 Å². The molecule has 1 aromatic rings. The summed E-state index contributed by atoms with van der Waals surface area (Å²) in [6.45, 7) is 3.34. The summed E-state index contributed by atoms with van der Waals surface area (Å²) in [4.78, 5) is 13.7. The molecule has 0 atom stereocenters. The number of carbonyl (C=O) groups is 1. The maximum absolute atomic E-state index is 13.1. The van der Waals surface area contributed by atoms with Crippen LogP contribution in [0, 0.1) is 12.7 Å². The van der Waals surface area contributed by atoms with E-state index in [9.17, 15) is 9.18 Å². The van der Waals surface area contributed by atoms with Gasteiger partial charge in [0.25, 0.3) is 5.91 Å². The van der Waals surface area contributed by atoms with Crippen LogP contribution in [-0.4, -0.2) is 38.0 Å². The van der Waals surface area contributed by atoms with Crippen LogP contribution in [-0.2, 0) is 0 Å². The molecule has 0 aliphatic carbocycles. The third kappa shape index (κ3) is 3.82. The Balaban J connectivity index is 2.71. The van der Waals surface area contributed by atoms with Gasteiger partial charge in [0.2, 0.25) is 0 Å². The topological polar surface area (TPSA) is 32.3 Å². The van der Waals surface area contributed by atoms with E-state index >= 15 is 0 Å². The molecule has 0 unspecified atom stereocenters. The lowest BCUT2D eigenvalue weighted by molar-refractivity contribution is 0.0792. The second-order valence-electron chi connectivity index (χ2n) is 4.14. The maximum atomic E-state index is 13.1. The first-order valence-corrected chi connectivity index (χ1v) is 5.72. The lowest BCUT2D eigenvalue weighted by Gasteiger charge is -2.18. The van der Waals surface area contributed by atoms with E-state index in [4.69, 9.17) is 0 Å². The predicted octanol–water partition coefficient (Wildman–Crippen LogP) is 1.82. The number of rotatable bonds is 5. The Morgan fingerprint density at radius 1 is 1.47 bits per heavy atom. The van der Waals surface area contributed by atoms with Crippen molar-refractivity contribution in [3.63, 3.8) is 0 Å². The fourth-order valence-corrected chi connectivity index (χ4v) is 1.62. The normalized spacial score (nSPS) is 10.4. The Morgan fingerprint density at radius 3 is 2.82 bits per heavy atom. The summed E-state index contributed by atoms with van der Waals surface area (Å²) in [5.41, 5.74) is 1.24. The molecule has 17 heavy (non-hydrogen) atoms. The molecule has 1 aromatic carbocycles. The number of halogens is 1. The lowest BCUT2D eigenvalue weighted by Crippen LogP contribution is -2.30. The van der Waals surface area contributed by atoms with Gasteiger partial charge in [-0.25, -0.2) is 4.39 Å². The highest BCUT2D eigenvalue weighted by molar-refractivity contribution is 5.95. The van der Waals surface area contributed by atoms with Gasteiger partial charge < -0.3 is 10.2 Å². The Kier molecular flexibility index (Phi) is 5.10. The lowest BCUT2D eigenvalue weighted by atomic mass is 10.1. The third-order valence-electron chi connectivity index (χ3n) is 2.70. The van der Waals surface area contributed by atoms with Gasteiger partial charge in [0.1, 0.15) is 5.82 Å². The summed E-state index contributed by atoms with van der Waals surface area (Å²) in [6, 6.07) is 4.29. The van der Waals surface area contributed by atoms with Gasteiger partial charge in [-0.05, 0) is 44.6 Å². The smallest absolute Gasteiger partial charge is 0.253 e. The van der Waals surface area contributed by atoms with Crippen LogP contribution >= 0.6 is 0 Å². The van der Waals surface area contributed by atoms with Gasteiger partial charge in [0, 0.05) is 19.2 Å². The van der Waals surface area contributed by atoms with Crippen molar-refractivity contribution in [3.8, 4) is 0 Å². The van der Waals surface area contributed by atoms with Crippen molar-refractivity contribution in [2.24, 2.45) is 0 Å². The summed E-state index contributed by atoms with van der Waals surface area (Å²) in [6.07, 6.45) is 0.882. The van der Waals surface area contributed by atoms with Gasteiger partial charge in [0.05, 0.1) is 0 Å². The van der Waals surface area contributed by atoms with E-state index in [1.54, 1.807) is 18.0 Å². The van der Waals surface area contributed by atoms with E-state index in [1.165, 1.54) is 12.1 Å². The molecular formula is C13H19FN2O. The highest BCUT2D eigenvalue weighted by atomic mass is 19.1. The Bertz CT molecular complexity index is 393. The number of amides is 1. The second kappa shape index (κ2) is 6.35. The van der Waals surface area contributed by atoms with E-state index in [1.807, 2.05) is 14.0 Å². The third-order valence-corrected chi connectivity index (χ3v) is 2.70. The largest absolute Gasteiger partial charge is 0.342 e. The molecule has 4 heteroatoms. The van der Waals surface area contributed by atoms with Gasteiger partial charge >= 0.3 is 0 Å². The van der Waals surface area contributed by atoms with E-state index in [0.717, 1.165) is 18.5 Å². The van der Waals surface area contributed by atoms with Crippen LogP contribution < -0.4 is 5.32 Å². The number of hydrogen-bond donors (Lipinski definition) is 1. The van der Waals surface area contributed by atoms with Crippen molar-refractivity contribution >= 4 is 5.91 Å². The van der Waals surface area contributed by atoms with Crippen LogP contribution in [0.15, 0.2) is 18.2 Å². The average Bonchev–Trinajstić information content (AvgIpc) is 2.31. The minimum absolute atomic E-state index is 0.127. The molecule has 94 valence electrons. The number of carbonyl (C=O) groups excluding carboxylic acids is 1. The van der Waals surface area contributed by atoms with Gasteiger partial charge in [-0.2, -0.15) is 0 Å². The quantitative estimate of drug-likeness (QED) is 0.794. The highest BCUT2D eigenvalue weighted by Crippen LogP contribution is 2.12. The Labute approximate surface area is 102 Å². The zero-order chi connectivity index (χ0) is 12.8. The van der Waals surface area contributed by atoms with Crippen molar-refractivity contribution in [1.29, 1.82) is 0 Å². The second-order valence-corrected chi connectivity index (χ2v) is 4.14. The Hall–Kier alpha value is -1.42. The molecule has 3 nitrogen and oxygen atoms in total. The van der Waals surface area contributed by atoms with Gasteiger partial charge in [-0.3, -0.25) is 4.79 Å². The van der Waals surface area contributed by atoms with Gasteiger partial charge in [0.15, 0.2) is 0 Å². The molecular weight excluding hydrogens is 219 g/mol. The zero-order valence-corrected chi connectivity index (χ0v) is 10.6. The molecule has 0 saturated carbocycles. The first-order chi connectivity index (χ1) is 8.06. The fourth-order valence-electron chi connectivity index (χ4n) is 1.62. The molecule has 1 amide bonds. The molecule has 0 heterocycles. The fraction of sp³-hybridized carbons (Fsp3) is 0.462. The zero-order valence-electron chi connectivity index (χ0n) is 10.6. The van der Waals surface area contributed by atoms with Crippen LogP contribution in [0.25, 0.3) is 0 Å². The monoisotopic (exact) mass is 238 g/mol. The highest BCUT2D eigenvalue weighted by Gasteiger charge is 2.14. The SMILES string of the molecule is CNCCCN(C)C(=O)c1cc(F)ccc1C. The minimum Gasteiger partial charge on any atom is -0.342 e. The summed E-state index contributed by atoms with van der Waals surface area (Å²) in [5.74, 6) is -0.499. The van der Waals surface area contributed by atoms with E-state index < -0.39 is 0 Å². The van der Waals surface area contributed by atoms with Crippen molar-refractivity contribution in [3.05, 3.63) is 35.1 Å². The van der Waals surface area contributed by atoms with Crippen molar-refractivity contribution in [2.45, 2.75) is 13.3 Å². The van der Waals surface area contributed by atoms with Crippen LogP contribution in [0.2, 0.25) is 0 Å². The van der Waals surface area contributed by atoms with Crippen molar-refractivity contribution < 1.29 is 9.18 Å². The predicted molar refractivity (Wildman–Crippen MR) is 66.6 cm³/mol. The van der Waals surface area contributed by atoms with E-state index in [0.29, 0.717) is 12.1 Å². The number of aryl methyl sites for hydroxylation is 1. The molecule has 0 radical (unpaired) electrons. The van der Waals surface area contributed by atoms with Crippen LogP contribution in [0.1, 0.15) is 22.3 Å². The average molecular weight is 238 g/mol. The molecule has 0 aliphatic heterocycles. The summed E-state index contributed by atoms with van der Waals surface area (Å²) < 4.78 is 13.1. The van der Waals surface area contributed by atoms with E-state index in [-0.39, 0.29) is 11.7 Å².